The van der Waals surface area contributed by atoms with Crippen LogP contribution in [0.1, 0.15) is 11.9 Å². The predicted octanol–water partition coefficient (Wildman–Crippen LogP) is 3.24. The van der Waals surface area contributed by atoms with Gasteiger partial charge in [0.05, 0.1) is 0 Å². The van der Waals surface area contributed by atoms with Crippen molar-refractivity contribution in [2.75, 3.05) is 11.9 Å². The van der Waals surface area contributed by atoms with E-state index in [1.54, 1.807) is 0 Å². The van der Waals surface area contributed by atoms with Gasteiger partial charge in [0.15, 0.2) is 0 Å². The van der Waals surface area contributed by atoms with Gasteiger partial charge >= 0.3 is 157 Å². The van der Waals surface area contributed by atoms with Crippen LogP contribution in [0.3, 0.4) is 0 Å². The van der Waals surface area contributed by atoms with Crippen molar-refractivity contribution in [2.45, 2.75) is 13.5 Å². The summed E-state index contributed by atoms with van der Waals surface area (Å²) in [7, 11) is 2.17. The minimum atomic E-state index is -0.281. The van der Waals surface area contributed by atoms with Crippen LogP contribution in [0.5, 0.6) is 0 Å². The van der Waals surface area contributed by atoms with Gasteiger partial charge in [-0.05, 0) is 0 Å². The van der Waals surface area contributed by atoms with Crippen molar-refractivity contribution in [3.05, 3.63) is 75.5 Å². The Labute approximate surface area is 156 Å². The molecule has 0 bridgehead atoms. The molecule has 1 aliphatic heterocycles. The van der Waals surface area contributed by atoms with Crippen LogP contribution in [0.4, 0.5) is 5.69 Å². The molecule has 1 aromatic heterocycles. The third-order valence-electron chi connectivity index (χ3n) is 4.13. The van der Waals surface area contributed by atoms with Crippen LogP contribution in [0.15, 0.2) is 64.4 Å². The summed E-state index contributed by atoms with van der Waals surface area (Å²) in [5, 5.41) is 1.19. The molecule has 0 atom stereocenters. The van der Waals surface area contributed by atoms with Crippen LogP contribution in [0, 0.1) is 6.08 Å². The summed E-state index contributed by atoms with van der Waals surface area (Å²) in [6.07, 6.45) is 7.84. The number of fused-ring (bicyclic) bond motifs is 2. The Morgan fingerprint density at radius 3 is 2.79 bits per heavy atom. The summed E-state index contributed by atoms with van der Waals surface area (Å²) >= 11 is 1.53. The Kier molecular flexibility index (Phi) is 4.45. The topological polar surface area (TPSA) is 7.12 Å². The van der Waals surface area contributed by atoms with Crippen LogP contribution < -0.4 is 13.1 Å². The Balaban J connectivity index is 1.63. The molecule has 0 unspecified atom stereocenters. The summed E-state index contributed by atoms with van der Waals surface area (Å²) in [6, 6.07) is 17.3. The average Bonchev–Trinajstić information content (AvgIpc) is 3.13. The molecule has 0 amide bonds. The predicted molar refractivity (Wildman–Crippen MR) is 103 cm³/mol. The molecule has 2 heterocycles. The van der Waals surface area contributed by atoms with Gasteiger partial charge in [0.1, 0.15) is 0 Å². The number of allylic oxidation sites excluding steroid dienone is 2. The molecule has 24 heavy (non-hydrogen) atoms. The van der Waals surface area contributed by atoms with Crippen LogP contribution in [0.25, 0.3) is 10.2 Å². The third kappa shape index (κ3) is 2.80. The van der Waals surface area contributed by atoms with Crippen LogP contribution in [0.2, 0.25) is 0 Å². The van der Waals surface area contributed by atoms with E-state index in [4.69, 9.17) is 0 Å². The fourth-order valence-corrected chi connectivity index (χ4v) is 7.01. The monoisotopic (exact) mass is 448 g/mol. The van der Waals surface area contributed by atoms with Crippen molar-refractivity contribution < 1.29 is 4.57 Å². The Morgan fingerprint density at radius 2 is 1.96 bits per heavy atom. The normalized spacial score (nSPS) is 15.8. The number of para-hydroxylation sites is 2. The molecule has 4 heteroatoms. The fourth-order valence-electron chi connectivity index (χ4n) is 2.91. The van der Waals surface area contributed by atoms with Gasteiger partial charge in [0.25, 0.3) is 0 Å². The molecule has 0 saturated carbocycles. The number of hydrogen-bond donors (Lipinski definition) is 0. The molecule has 0 fully saturated rings. The number of nitrogens with zero attached hydrogens (tertiary/aromatic N) is 2. The first-order valence-electron chi connectivity index (χ1n) is 8.00. The van der Waals surface area contributed by atoms with E-state index < -0.39 is 0 Å². The molecule has 0 saturated heterocycles. The van der Waals surface area contributed by atoms with Crippen molar-refractivity contribution in [3.63, 3.8) is 0 Å². The van der Waals surface area contributed by atoms with E-state index in [-0.39, 0.29) is 20.9 Å². The zero-order chi connectivity index (χ0) is 16.5. The molecule has 0 spiro atoms. The second-order valence-electron chi connectivity index (χ2n) is 5.56. The van der Waals surface area contributed by atoms with E-state index in [1.807, 2.05) is 11.3 Å². The minimum absolute atomic E-state index is 0.281. The summed E-state index contributed by atoms with van der Waals surface area (Å²) in [4.78, 5) is 2.33. The molecule has 1 aliphatic rings. The fraction of sp³-hybridized carbons (Fsp3) is 0.150. The van der Waals surface area contributed by atoms with Crippen molar-refractivity contribution >= 4 is 51.8 Å². The number of benzene rings is 2. The van der Waals surface area contributed by atoms with Crippen LogP contribution in [-0.2, 0) is 6.54 Å². The van der Waals surface area contributed by atoms with Gasteiger partial charge in [0.2, 0.25) is 0 Å². The molecule has 0 N–H and O–H groups in total. The summed E-state index contributed by atoms with van der Waals surface area (Å²) in [5.74, 6) is 0. The van der Waals surface area contributed by atoms with Gasteiger partial charge in [-0.1, -0.05) is 0 Å². The molecular formula is C20H18N2STe. The number of aromatic nitrogens is 1. The average molecular weight is 446 g/mol. The van der Waals surface area contributed by atoms with E-state index in [0.717, 1.165) is 6.54 Å². The SMILES string of the molecule is CC[n+]1c([C-]=C/C=C2/[Te]c3ccccc3N2C)sc2ccccc21. The van der Waals surface area contributed by atoms with Crippen LogP contribution in [-0.4, -0.2) is 28.0 Å². The Bertz CT molecular complexity index is 955. The summed E-state index contributed by atoms with van der Waals surface area (Å²) < 4.78 is 6.62. The number of aryl methyl sites for hydroxylation is 1. The van der Waals surface area contributed by atoms with Gasteiger partial charge in [-0.15, -0.1) is 0 Å². The maximum atomic E-state index is 3.50. The molecule has 4 rings (SSSR count). The number of thiazole rings is 1. The molecule has 120 valence electrons. The molecule has 2 aromatic carbocycles. The standard InChI is InChI=1S/C20H18N2STe/c1-3-22-15-9-4-6-11-17(15)23-19(22)13-8-14-20-21(2)16-10-5-7-12-18(16)24-20/h4-12,14H,3H2,1-2H3. The van der Waals surface area contributed by atoms with E-state index in [0.29, 0.717) is 0 Å². The van der Waals surface area contributed by atoms with Crippen molar-refractivity contribution in [1.29, 1.82) is 0 Å². The van der Waals surface area contributed by atoms with Crippen LogP contribution >= 0.6 is 11.3 Å². The first-order chi connectivity index (χ1) is 11.8. The quantitative estimate of drug-likeness (QED) is 0.341. The van der Waals surface area contributed by atoms with Gasteiger partial charge < -0.3 is 0 Å². The van der Waals surface area contributed by atoms with Gasteiger partial charge in [-0.25, -0.2) is 0 Å². The third-order valence-corrected chi connectivity index (χ3v) is 8.61. The first kappa shape index (κ1) is 15.9. The molecule has 2 nitrogen and oxygen atoms in total. The zero-order valence-electron chi connectivity index (χ0n) is 13.7. The zero-order valence-corrected chi connectivity index (χ0v) is 16.8. The number of anilines is 1. The van der Waals surface area contributed by atoms with Gasteiger partial charge in [0, 0.05) is 0 Å². The van der Waals surface area contributed by atoms with E-state index in [1.165, 1.54) is 28.3 Å². The summed E-state index contributed by atoms with van der Waals surface area (Å²) in [5.41, 5.74) is 2.66. The van der Waals surface area contributed by atoms with E-state index >= 15 is 0 Å². The van der Waals surface area contributed by atoms with Crippen molar-refractivity contribution in [3.8, 4) is 0 Å². The molecule has 0 aliphatic carbocycles. The maximum absolute atomic E-state index is 3.50. The van der Waals surface area contributed by atoms with Gasteiger partial charge in [-0.2, -0.15) is 0 Å². The number of rotatable bonds is 3. The van der Waals surface area contributed by atoms with Gasteiger partial charge in [-0.3, -0.25) is 0 Å². The molecule has 3 aromatic rings. The second kappa shape index (κ2) is 6.72. The molecule has 0 radical (unpaired) electrons. The second-order valence-corrected chi connectivity index (χ2v) is 9.63. The molecular weight excluding hydrogens is 428 g/mol. The van der Waals surface area contributed by atoms with E-state index in [9.17, 15) is 0 Å². The first-order valence-corrected chi connectivity index (χ1v) is 11.1. The summed E-state index contributed by atoms with van der Waals surface area (Å²) in [6.45, 7) is 3.16. The Morgan fingerprint density at radius 1 is 1.17 bits per heavy atom. The number of hydrogen-bond acceptors (Lipinski definition) is 2. The van der Waals surface area contributed by atoms with E-state index in [2.05, 4.69) is 90.2 Å². The van der Waals surface area contributed by atoms with Crippen molar-refractivity contribution in [2.24, 2.45) is 0 Å². The Hall–Kier alpha value is -1.60. The van der Waals surface area contributed by atoms with Crippen molar-refractivity contribution in [1.82, 2.24) is 0 Å².